The van der Waals surface area contributed by atoms with Crippen LogP contribution in [0.1, 0.15) is 52.1 Å². The average molecular weight is 439 g/mol. The van der Waals surface area contributed by atoms with Crippen LogP contribution in [-0.2, 0) is 11.2 Å². The third kappa shape index (κ3) is 3.79. The number of carbonyl (C=O) groups excluding carboxylic acids is 2. The molecule has 1 aromatic heterocycles. The summed E-state index contributed by atoms with van der Waals surface area (Å²) in [5.74, 6) is -0.0514. The van der Waals surface area contributed by atoms with Gasteiger partial charge in [-0.1, -0.05) is 11.6 Å². The van der Waals surface area contributed by atoms with Crippen LogP contribution in [-0.4, -0.2) is 59.3 Å². The van der Waals surface area contributed by atoms with Gasteiger partial charge in [0.2, 0.25) is 0 Å². The van der Waals surface area contributed by atoms with E-state index in [9.17, 15) is 9.59 Å². The van der Waals surface area contributed by atoms with Crippen LogP contribution in [0.3, 0.4) is 0 Å². The zero-order valence-corrected chi connectivity index (χ0v) is 18.5. The maximum Gasteiger partial charge on any atom is 0.256 e. The normalized spacial score (nSPS) is 20.2. The van der Waals surface area contributed by atoms with E-state index < -0.39 is 0 Å². The Morgan fingerprint density at radius 3 is 2.71 bits per heavy atom. The smallest absolute Gasteiger partial charge is 0.256 e. The van der Waals surface area contributed by atoms with E-state index in [1.165, 1.54) is 12.8 Å². The fraction of sp³-hybridized carbons (Fsp3) is 0.417. The van der Waals surface area contributed by atoms with Gasteiger partial charge in [-0.15, -0.1) is 0 Å². The highest BCUT2D eigenvalue weighted by atomic mass is 35.5. The minimum atomic E-state index is -0.153. The number of amides is 2. The second-order valence-corrected chi connectivity index (χ2v) is 9.10. The van der Waals surface area contributed by atoms with Crippen molar-refractivity contribution in [2.75, 3.05) is 38.0 Å². The van der Waals surface area contributed by atoms with Gasteiger partial charge in [0.25, 0.3) is 11.8 Å². The molecule has 1 saturated heterocycles. The molecule has 1 fully saturated rings. The summed E-state index contributed by atoms with van der Waals surface area (Å²) in [6, 6.07) is 5.38. The highest BCUT2D eigenvalue weighted by Crippen LogP contribution is 2.36. The molecule has 7 heteroatoms. The number of likely N-dealkylation sites (tertiary alicyclic amines) is 1. The molecule has 0 aliphatic carbocycles. The standard InChI is InChI=1S/C24H27ClN4O2/c1-15-21(14-18-17-13-16(25)6-7-19(17)27-23(18)30)26-20-5-4-10-29(24(31)22(15)20)12-11-28-8-2-3-9-28/h6-7,13-14,26H,2-5,8-12H2,1H3,(H,27,30)/b18-14-. The van der Waals surface area contributed by atoms with E-state index in [2.05, 4.69) is 15.2 Å². The van der Waals surface area contributed by atoms with Crippen molar-refractivity contribution < 1.29 is 9.59 Å². The number of benzene rings is 1. The zero-order chi connectivity index (χ0) is 21.5. The molecule has 2 aromatic rings. The quantitative estimate of drug-likeness (QED) is 0.710. The number of aryl methyl sites for hydroxylation is 1. The number of aromatic nitrogens is 1. The van der Waals surface area contributed by atoms with Gasteiger partial charge in [0.15, 0.2) is 0 Å². The Hall–Kier alpha value is -2.57. The number of rotatable bonds is 4. The number of halogens is 1. The number of hydrogen-bond donors (Lipinski definition) is 2. The number of H-pyrrole nitrogens is 1. The summed E-state index contributed by atoms with van der Waals surface area (Å²) >= 11 is 6.16. The largest absolute Gasteiger partial charge is 0.358 e. The number of nitrogens with zero attached hydrogens (tertiary/aromatic N) is 2. The maximum absolute atomic E-state index is 13.4. The SMILES string of the molecule is Cc1c(/C=C2\C(=O)Nc3ccc(Cl)cc32)[nH]c2c1C(=O)N(CCN1CCCC1)CCC2. The molecule has 31 heavy (non-hydrogen) atoms. The third-order valence-corrected chi connectivity index (χ3v) is 6.90. The Balaban J connectivity index is 1.44. The highest BCUT2D eigenvalue weighted by Gasteiger charge is 2.29. The topological polar surface area (TPSA) is 68.4 Å². The number of aromatic amines is 1. The van der Waals surface area contributed by atoms with Crippen molar-refractivity contribution in [3.05, 3.63) is 51.3 Å². The van der Waals surface area contributed by atoms with Gasteiger partial charge in [-0.25, -0.2) is 0 Å². The molecule has 0 radical (unpaired) electrons. The number of carbonyl (C=O) groups is 2. The Morgan fingerprint density at radius 2 is 1.90 bits per heavy atom. The van der Waals surface area contributed by atoms with Gasteiger partial charge in [-0.05, 0) is 75.5 Å². The minimum absolute atomic E-state index is 0.101. The van der Waals surface area contributed by atoms with E-state index in [4.69, 9.17) is 11.6 Å². The monoisotopic (exact) mass is 438 g/mol. The zero-order valence-electron chi connectivity index (χ0n) is 17.8. The molecule has 3 aliphatic rings. The van der Waals surface area contributed by atoms with Gasteiger partial charge in [0.1, 0.15) is 0 Å². The minimum Gasteiger partial charge on any atom is -0.358 e. The van der Waals surface area contributed by atoms with E-state index in [1.54, 1.807) is 12.1 Å². The molecule has 2 N–H and O–H groups in total. The second kappa shape index (κ2) is 8.17. The summed E-state index contributed by atoms with van der Waals surface area (Å²) in [7, 11) is 0. The fourth-order valence-electron chi connectivity index (χ4n) is 4.94. The predicted molar refractivity (Wildman–Crippen MR) is 123 cm³/mol. The lowest BCUT2D eigenvalue weighted by Gasteiger charge is -2.24. The van der Waals surface area contributed by atoms with Gasteiger partial charge in [-0.2, -0.15) is 0 Å². The first-order valence-electron chi connectivity index (χ1n) is 11.1. The van der Waals surface area contributed by atoms with Crippen molar-refractivity contribution in [2.45, 2.75) is 32.6 Å². The lowest BCUT2D eigenvalue weighted by atomic mass is 10.0. The van der Waals surface area contributed by atoms with E-state index in [0.29, 0.717) is 10.6 Å². The molecule has 0 spiro atoms. The molecule has 0 bridgehead atoms. The molecule has 0 atom stereocenters. The van der Waals surface area contributed by atoms with Crippen molar-refractivity contribution in [1.82, 2.24) is 14.8 Å². The molecular formula is C24H27ClN4O2. The highest BCUT2D eigenvalue weighted by molar-refractivity contribution is 6.36. The fourth-order valence-corrected chi connectivity index (χ4v) is 5.11. The first-order valence-corrected chi connectivity index (χ1v) is 11.4. The molecule has 2 amide bonds. The Morgan fingerprint density at radius 1 is 1.10 bits per heavy atom. The number of hydrogen-bond acceptors (Lipinski definition) is 3. The van der Waals surface area contributed by atoms with Crippen LogP contribution in [0.5, 0.6) is 0 Å². The van der Waals surface area contributed by atoms with E-state index >= 15 is 0 Å². The van der Waals surface area contributed by atoms with Gasteiger partial charge < -0.3 is 20.1 Å². The Labute approximate surface area is 187 Å². The van der Waals surface area contributed by atoms with Crippen molar-refractivity contribution in [2.24, 2.45) is 0 Å². The molecule has 0 unspecified atom stereocenters. The summed E-state index contributed by atoms with van der Waals surface area (Å²) in [6.07, 6.45) is 6.14. The van der Waals surface area contributed by atoms with Gasteiger partial charge in [0.05, 0.1) is 11.1 Å². The second-order valence-electron chi connectivity index (χ2n) is 8.66. The van der Waals surface area contributed by atoms with Gasteiger partial charge in [-0.3, -0.25) is 9.59 Å². The summed E-state index contributed by atoms with van der Waals surface area (Å²) in [6.45, 7) is 6.75. The van der Waals surface area contributed by atoms with Gasteiger partial charge in [0, 0.05) is 47.3 Å². The van der Waals surface area contributed by atoms with E-state index in [-0.39, 0.29) is 11.8 Å². The molecule has 1 aromatic carbocycles. The summed E-state index contributed by atoms with van der Waals surface area (Å²) in [4.78, 5) is 33.8. The maximum atomic E-state index is 13.4. The lowest BCUT2D eigenvalue weighted by molar-refractivity contribution is -0.110. The molecular weight excluding hydrogens is 412 g/mol. The van der Waals surface area contributed by atoms with Crippen molar-refractivity contribution in [1.29, 1.82) is 0 Å². The van der Waals surface area contributed by atoms with Crippen LogP contribution in [0.2, 0.25) is 5.02 Å². The van der Waals surface area contributed by atoms with Crippen molar-refractivity contribution in [3.8, 4) is 0 Å². The van der Waals surface area contributed by atoms with Crippen LogP contribution in [0, 0.1) is 6.92 Å². The Bertz CT molecular complexity index is 1080. The van der Waals surface area contributed by atoms with Crippen LogP contribution < -0.4 is 5.32 Å². The summed E-state index contributed by atoms with van der Waals surface area (Å²) < 4.78 is 0. The summed E-state index contributed by atoms with van der Waals surface area (Å²) in [5.41, 5.74) is 5.59. The van der Waals surface area contributed by atoms with Crippen molar-refractivity contribution >= 4 is 40.8 Å². The molecule has 162 valence electrons. The Kier molecular flexibility index (Phi) is 5.36. The van der Waals surface area contributed by atoms with Crippen LogP contribution in [0.15, 0.2) is 18.2 Å². The van der Waals surface area contributed by atoms with Crippen LogP contribution in [0.25, 0.3) is 11.6 Å². The first-order chi connectivity index (χ1) is 15.0. The molecule has 5 rings (SSSR count). The van der Waals surface area contributed by atoms with Crippen molar-refractivity contribution in [3.63, 3.8) is 0 Å². The van der Waals surface area contributed by atoms with Crippen LogP contribution >= 0.6 is 11.6 Å². The third-order valence-electron chi connectivity index (χ3n) is 6.66. The number of nitrogens with one attached hydrogen (secondary N) is 2. The van der Waals surface area contributed by atoms with Crippen LogP contribution in [0.4, 0.5) is 5.69 Å². The molecule has 6 nitrogen and oxygen atoms in total. The first kappa shape index (κ1) is 20.3. The molecule has 3 aliphatic heterocycles. The molecule has 0 saturated carbocycles. The number of anilines is 1. The van der Waals surface area contributed by atoms with E-state index in [1.807, 2.05) is 24.0 Å². The number of fused-ring (bicyclic) bond motifs is 2. The van der Waals surface area contributed by atoms with Gasteiger partial charge >= 0.3 is 0 Å². The molecule has 4 heterocycles. The summed E-state index contributed by atoms with van der Waals surface area (Å²) in [5, 5.41) is 3.47. The lowest BCUT2D eigenvalue weighted by Crippen LogP contribution is -2.38. The van der Waals surface area contributed by atoms with E-state index in [0.717, 1.165) is 79.3 Å². The predicted octanol–water partition coefficient (Wildman–Crippen LogP) is 3.95. The average Bonchev–Trinajstić information content (AvgIpc) is 3.41.